The molecule has 0 aliphatic heterocycles. The molecule has 0 aliphatic carbocycles. The zero-order valence-electron chi connectivity index (χ0n) is 12.5. The van der Waals surface area contributed by atoms with Crippen molar-refractivity contribution in [2.45, 2.75) is 26.3 Å². The summed E-state index contributed by atoms with van der Waals surface area (Å²) in [5.41, 5.74) is 5.06. The number of rotatable bonds is 7. The Morgan fingerprint density at radius 1 is 1.32 bits per heavy atom. The molecule has 3 N–H and O–H groups in total. The molecule has 1 aromatic rings. The van der Waals surface area contributed by atoms with Crippen molar-refractivity contribution in [1.82, 2.24) is 5.32 Å². The van der Waals surface area contributed by atoms with Crippen LogP contribution in [-0.2, 0) is 14.3 Å². The van der Waals surface area contributed by atoms with Gasteiger partial charge in [-0.2, -0.15) is 0 Å². The molecule has 0 bridgehead atoms. The van der Waals surface area contributed by atoms with E-state index in [4.69, 9.17) is 10.5 Å². The number of amides is 2. The van der Waals surface area contributed by atoms with Gasteiger partial charge in [0, 0.05) is 0 Å². The zero-order chi connectivity index (χ0) is 16.7. The van der Waals surface area contributed by atoms with Crippen molar-refractivity contribution in [3.8, 4) is 0 Å². The Morgan fingerprint density at radius 2 is 1.95 bits per heavy atom. The van der Waals surface area contributed by atoms with Gasteiger partial charge in [0.05, 0.1) is 18.6 Å². The molecule has 0 radical (unpaired) electrons. The van der Waals surface area contributed by atoms with Crippen LogP contribution in [0.1, 0.15) is 30.6 Å². The monoisotopic (exact) mass is 310 g/mol. The number of halogens is 1. The molecule has 0 spiro atoms. The van der Waals surface area contributed by atoms with Gasteiger partial charge in [-0.3, -0.25) is 14.4 Å². The van der Waals surface area contributed by atoms with Crippen LogP contribution < -0.4 is 11.1 Å². The minimum Gasteiger partial charge on any atom is -0.466 e. The molecule has 22 heavy (non-hydrogen) atoms. The summed E-state index contributed by atoms with van der Waals surface area (Å²) in [4.78, 5) is 35.0. The molecular weight excluding hydrogens is 291 g/mol. The highest BCUT2D eigenvalue weighted by Gasteiger charge is 2.28. The van der Waals surface area contributed by atoms with E-state index in [-0.39, 0.29) is 18.6 Å². The molecule has 120 valence electrons. The fourth-order valence-electron chi connectivity index (χ4n) is 1.96. The average molecular weight is 310 g/mol. The van der Waals surface area contributed by atoms with Crippen LogP contribution in [0, 0.1) is 11.7 Å². The average Bonchev–Trinajstić information content (AvgIpc) is 2.44. The molecule has 7 heteroatoms. The first-order valence-electron chi connectivity index (χ1n) is 6.87. The summed E-state index contributed by atoms with van der Waals surface area (Å²) < 4.78 is 18.3. The first kappa shape index (κ1) is 17.6. The van der Waals surface area contributed by atoms with E-state index >= 15 is 0 Å². The van der Waals surface area contributed by atoms with Gasteiger partial charge in [0.25, 0.3) is 5.91 Å². The molecule has 0 saturated heterocycles. The van der Waals surface area contributed by atoms with E-state index in [0.717, 1.165) is 6.07 Å². The molecule has 0 heterocycles. The molecule has 1 rings (SSSR count). The maximum atomic E-state index is 13.6. The molecule has 2 amide bonds. The Hall–Kier alpha value is -2.44. The molecule has 6 nitrogen and oxygen atoms in total. The number of carbonyl (C=O) groups is 3. The third kappa shape index (κ3) is 4.83. The summed E-state index contributed by atoms with van der Waals surface area (Å²) in [5.74, 6) is -3.35. The second-order valence-corrected chi connectivity index (χ2v) is 4.82. The van der Waals surface area contributed by atoms with E-state index < -0.39 is 35.6 Å². The number of carbonyl (C=O) groups excluding carboxylic acids is 3. The van der Waals surface area contributed by atoms with Crippen LogP contribution in [0.3, 0.4) is 0 Å². The fraction of sp³-hybridized carbons (Fsp3) is 0.400. The van der Waals surface area contributed by atoms with E-state index in [1.54, 1.807) is 13.8 Å². The van der Waals surface area contributed by atoms with Crippen molar-refractivity contribution in [1.29, 1.82) is 0 Å². The van der Waals surface area contributed by atoms with Crippen LogP contribution in [0.2, 0.25) is 0 Å². The molecule has 1 aromatic carbocycles. The van der Waals surface area contributed by atoms with E-state index in [2.05, 4.69) is 5.32 Å². The second-order valence-electron chi connectivity index (χ2n) is 4.82. The van der Waals surface area contributed by atoms with Gasteiger partial charge in [-0.05, 0) is 25.0 Å². The SMILES string of the molecule is CCOC(=O)C[C@H](C)[C@@H](NC(=O)c1ccccc1F)C(N)=O. The summed E-state index contributed by atoms with van der Waals surface area (Å²) >= 11 is 0. The lowest BCUT2D eigenvalue weighted by molar-refractivity contribution is -0.144. The lowest BCUT2D eigenvalue weighted by atomic mass is 9.97. The van der Waals surface area contributed by atoms with Gasteiger partial charge < -0.3 is 15.8 Å². The summed E-state index contributed by atoms with van der Waals surface area (Å²) in [6.45, 7) is 3.45. The van der Waals surface area contributed by atoms with Crippen LogP contribution in [0.5, 0.6) is 0 Å². The van der Waals surface area contributed by atoms with Crippen molar-refractivity contribution in [2.24, 2.45) is 11.7 Å². The Morgan fingerprint density at radius 3 is 2.50 bits per heavy atom. The second kappa shape index (κ2) is 8.11. The van der Waals surface area contributed by atoms with Crippen molar-refractivity contribution in [3.05, 3.63) is 35.6 Å². The number of nitrogens with two attached hydrogens (primary N) is 1. The molecule has 0 fully saturated rings. The highest BCUT2D eigenvalue weighted by Crippen LogP contribution is 2.12. The first-order chi connectivity index (χ1) is 10.4. The smallest absolute Gasteiger partial charge is 0.306 e. The number of benzene rings is 1. The molecule has 0 unspecified atom stereocenters. The Bertz CT molecular complexity index is 562. The van der Waals surface area contributed by atoms with Gasteiger partial charge in [0.15, 0.2) is 0 Å². The standard InChI is InChI=1S/C15H19FN2O4/c1-3-22-12(19)8-9(2)13(14(17)20)18-15(21)10-6-4-5-7-11(10)16/h4-7,9,13H,3,8H2,1-2H3,(H2,17,20)(H,18,21)/t9-,13+/m0/s1. The van der Waals surface area contributed by atoms with Gasteiger partial charge in [-0.25, -0.2) is 4.39 Å². The third-order valence-corrected chi connectivity index (χ3v) is 3.07. The van der Waals surface area contributed by atoms with Crippen LogP contribution in [0.25, 0.3) is 0 Å². The van der Waals surface area contributed by atoms with Gasteiger partial charge >= 0.3 is 5.97 Å². The third-order valence-electron chi connectivity index (χ3n) is 3.07. The van der Waals surface area contributed by atoms with Crippen LogP contribution in [-0.4, -0.2) is 30.4 Å². The van der Waals surface area contributed by atoms with Gasteiger partial charge in [-0.1, -0.05) is 19.1 Å². The van der Waals surface area contributed by atoms with Crippen molar-refractivity contribution < 1.29 is 23.5 Å². The highest BCUT2D eigenvalue weighted by atomic mass is 19.1. The summed E-state index contributed by atoms with van der Waals surface area (Å²) in [6, 6.07) is 4.27. The largest absolute Gasteiger partial charge is 0.466 e. The number of hydrogen-bond donors (Lipinski definition) is 2. The minimum absolute atomic E-state index is 0.0843. The first-order valence-corrected chi connectivity index (χ1v) is 6.87. The van der Waals surface area contributed by atoms with E-state index in [0.29, 0.717) is 0 Å². The lowest BCUT2D eigenvalue weighted by Gasteiger charge is -2.21. The normalized spacial score (nSPS) is 13.0. The van der Waals surface area contributed by atoms with E-state index in [1.165, 1.54) is 18.2 Å². The summed E-state index contributed by atoms with van der Waals surface area (Å²) in [7, 11) is 0. The van der Waals surface area contributed by atoms with Crippen molar-refractivity contribution in [2.75, 3.05) is 6.61 Å². The van der Waals surface area contributed by atoms with Crippen LogP contribution in [0.4, 0.5) is 4.39 Å². The maximum absolute atomic E-state index is 13.6. The lowest BCUT2D eigenvalue weighted by Crippen LogP contribution is -2.49. The minimum atomic E-state index is -1.10. The van der Waals surface area contributed by atoms with E-state index in [9.17, 15) is 18.8 Å². The highest BCUT2D eigenvalue weighted by molar-refractivity contribution is 5.97. The van der Waals surface area contributed by atoms with E-state index in [1.807, 2.05) is 0 Å². The number of ether oxygens (including phenoxy) is 1. The summed E-state index contributed by atoms with van der Waals surface area (Å²) in [6.07, 6.45) is -0.0843. The predicted molar refractivity (Wildman–Crippen MR) is 77.3 cm³/mol. The predicted octanol–water partition coefficient (Wildman–Crippen LogP) is 0.999. The van der Waals surface area contributed by atoms with Crippen molar-refractivity contribution in [3.63, 3.8) is 0 Å². The Labute approximate surface area is 127 Å². The number of hydrogen-bond acceptors (Lipinski definition) is 4. The Balaban J connectivity index is 2.80. The van der Waals surface area contributed by atoms with Gasteiger partial charge in [-0.15, -0.1) is 0 Å². The molecule has 0 saturated carbocycles. The quantitative estimate of drug-likeness (QED) is 0.734. The number of primary amides is 1. The molecule has 0 aromatic heterocycles. The van der Waals surface area contributed by atoms with Crippen LogP contribution >= 0.6 is 0 Å². The van der Waals surface area contributed by atoms with Gasteiger partial charge in [0.2, 0.25) is 5.91 Å². The van der Waals surface area contributed by atoms with Gasteiger partial charge in [0.1, 0.15) is 11.9 Å². The van der Waals surface area contributed by atoms with Crippen LogP contribution in [0.15, 0.2) is 24.3 Å². The number of nitrogens with one attached hydrogen (secondary N) is 1. The number of esters is 1. The molecule has 0 aliphatic rings. The maximum Gasteiger partial charge on any atom is 0.306 e. The fourth-order valence-corrected chi connectivity index (χ4v) is 1.96. The Kier molecular flexibility index (Phi) is 6.49. The molecular formula is C15H19FN2O4. The summed E-state index contributed by atoms with van der Waals surface area (Å²) in [5, 5.41) is 2.36. The van der Waals surface area contributed by atoms with Crippen molar-refractivity contribution >= 4 is 17.8 Å². The topological polar surface area (TPSA) is 98.5 Å². The zero-order valence-corrected chi connectivity index (χ0v) is 12.5. The molecule has 2 atom stereocenters.